The third-order valence-electron chi connectivity index (χ3n) is 4.26. The number of benzene rings is 1. The fraction of sp³-hybridized carbons (Fsp3) is 0.550. The quantitative estimate of drug-likeness (QED) is 0.782. The maximum Gasteiger partial charge on any atom is 0.407 e. The average molecular weight is 410 g/mol. The Morgan fingerprint density at radius 2 is 1.75 bits per heavy atom. The number of nitrogens with one attached hydrogen (secondary N) is 2. The first-order chi connectivity index (χ1) is 13.1. The molecule has 0 aromatic heterocycles. The fourth-order valence-electron chi connectivity index (χ4n) is 2.89. The van der Waals surface area contributed by atoms with Gasteiger partial charge in [0.05, 0.1) is 0 Å². The summed E-state index contributed by atoms with van der Waals surface area (Å²) in [4.78, 5) is 37.9. The summed E-state index contributed by atoms with van der Waals surface area (Å²) in [6.07, 6.45) is 1.05. The Kier molecular flexibility index (Phi) is 7.69. The number of likely N-dealkylation sites (tertiary alicyclic amines) is 1. The number of rotatable bonds is 5. The van der Waals surface area contributed by atoms with Crippen LogP contribution >= 0.6 is 11.6 Å². The molecule has 8 heteroatoms. The summed E-state index contributed by atoms with van der Waals surface area (Å²) in [6.45, 7) is 6.73. The topological polar surface area (TPSA) is 87.7 Å². The van der Waals surface area contributed by atoms with E-state index in [2.05, 4.69) is 10.6 Å². The molecule has 0 bridgehead atoms. The number of amides is 3. The molecule has 2 N–H and O–H groups in total. The third kappa shape index (κ3) is 7.38. The van der Waals surface area contributed by atoms with Crippen molar-refractivity contribution >= 4 is 29.5 Å². The normalized spacial score (nSPS) is 15.1. The minimum absolute atomic E-state index is 0.0250. The standard InChI is InChI=1S/C20H28ClN3O4/c1-20(2,3)28-19(27)22-11-8-17(25)23-16-9-12-24(13-10-16)18(26)14-4-6-15(21)7-5-14/h4-7,16H,8-13H2,1-3H3,(H,22,27)(H,23,25). The second kappa shape index (κ2) is 9.78. The summed E-state index contributed by atoms with van der Waals surface area (Å²) < 4.78 is 5.12. The number of nitrogens with zero attached hydrogens (tertiary/aromatic N) is 1. The molecule has 0 aliphatic carbocycles. The van der Waals surface area contributed by atoms with Gasteiger partial charge in [-0.15, -0.1) is 0 Å². The molecule has 0 unspecified atom stereocenters. The van der Waals surface area contributed by atoms with E-state index in [1.165, 1.54) is 0 Å². The SMILES string of the molecule is CC(C)(C)OC(=O)NCCC(=O)NC1CCN(C(=O)c2ccc(Cl)cc2)CC1. The Morgan fingerprint density at radius 3 is 2.32 bits per heavy atom. The number of carbonyl (C=O) groups excluding carboxylic acids is 3. The summed E-state index contributed by atoms with van der Waals surface area (Å²) >= 11 is 5.86. The van der Waals surface area contributed by atoms with Crippen LogP contribution in [-0.2, 0) is 9.53 Å². The second-order valence-corrected chi connectivity index (χ2v) is 8.26. The van der Waals surface area contributed by atoms with Gasteiger partial charge in [0, 0.05) is 42.7 Å². The van der Waals surface area contributed by atoms with E-state index < -0.39 is 11.7 Å². The highest BCUT2D eigenvalue weighted by atomic mass is 35.5. The van der Waals surface area contributed by atoms with Gasteiger partial charge in [-0.1, -0.05) is 11.6 Å². The summed E-state index contributed by atoms with van der Waals surface area (Å²) in [7, 11) is 0. The Hall–Kier alpha value is -2.28. The smallest absolute Gasteiger partial charge is 0.407 e. The van der Waals surface area contributed by atoms with Gasteiger partial charge in [-0.3, -0.25) is 9.59 Å². The van der Waals surface area contributed by atoms with Crippen molar-refractivity contribution in [2.24, 2.45) is 0 Å². The number of alkyl carbamates (subject to hydrolysis) is 1. The van der Waals surface area contributed by atoms with Crippen LogP contribution in [0.2, 0.25) is 5.02 Å². The fourth-order valence-corrected chi connectivity index (χ4v) is 3.02. The largest absolute Gasteiger partial charge is 0.444 e. The first kappa shape index (κ1) is 22.0. The van der Waals surface area contributed by atoms with Crippen molar-refractivity contribution in [2.45, 2.75) is 51.7 Å². The zero-order chi connectivity index (χ0) is 20.7. The van der Waals surface area contributed by atoms with Gasteiger partial charge in [0.15, 0.2) is 0 Å². The number of carbonyl (C=O) groups is 3. The predicted octanol–water partition coefficient (Wildman–Crippen LogP) is 2.98. The van der Waals surface area contributed by atoms with E-state index in [9.17, 15) is 14.4 Å². The van der Waals surface area contributed by atoms with Crippen LogP contribution in [0, 0.1) is 0 Å². The molecule has 28 heavy (non-hydrogen) atoms. The molecule has 0 atom stereocenters. The highest BCUT2D eigenvalue weighted by Crippen LogP contribution is 2.16. The lowest BCUT2D eigenvalue weighted by Gasteiger charge is -2.32. The van der Waals surface area contributed by atoms with E-state index in [1.807, 2.05) is 0 Å². The number of halogens is 1. The summed E-state index contributed by atoms with van der Waals surface area (Å²) in [5, 5.41) is 6.12. The van der Waals surface area contributed by atoms with Crippen molar-refractivity contribution in [3.8, 4) is 0 Å². The molecular weight excluding hydrogens is 382 g/mol. The second-order valence-electron chi connectivity index (χ2n) is 7.82. The van der Waals surface area contributed by atoms with Gasteiger partial charge >= 0.3 is 6.09 Å². The lowest BCUT2D eigenvalue weighted by atomic mass is 10.0. The van der Waals surface area contributed by atoms with E-state index in [-0.39, 0.29) is 30.8 Å². The van der Waals surface area contributed by atoms with E-state index >= 15 is 0 Å². The molecule has 1 aromatic rings. The molecule has 7 nitrogen and oxygen atoms in total. The predicted molar refractivity (Wildman–Crippen MR) is 107 cm³/mol. The summed E-state index contributed by atoms with van der Waals surface area (Å²) in [5.74, 6) is -0.151. The van der Waals surface area contributed by atoms with Crippen LogP contribution in [0.25, 0.3) is 0 Å². The van der Waals surface area contributed by atoms with Crippen molar-refractivity contribution < 1.29 is 19.1 Å². The Labute approximate surface area is 170 Å². The lowest BCUT2D eigenvalue weighted by Crippen LogP contribution is -2.47. The van der Waals surface area contributed by atoms with Crippen LogP contribution in [0.3, 0.4) is 0 Å². The minimum atomic E-state index is -0.566. The lowest BCUT2D eigenvalue weighted by molar-refractivity contribution is -0.121. The number of hydrogen-bond donors (Lipinski definition) is 2. The van der Waals surface area contributed by atoms with E-state index in [0.29, 0.717) is 36.5 Å². The highest BCUT2D eigenvalue weighted by Gasteiger charge is 2.24. The van der Waals surface area contributed by atoms with Crippen molar-refractivity contribution in [2.75, 3.05) is 19.6 Å². The maximum atomic E-state index is 12.5. The van der Waals surface area contributed by atoms with E-state index in [0.717, 1.165) is 0 Å². The van der Waals surface area contributed by atoms with E-state index in [4.69, 9.17) is 16.3 Å². The van der Waals surface area contributed by atoms with Gasteiger partial charge in [0.25, 0.3) is 5.91 Å². The minimum Gasteiger partial charge on any atom is -0.444 e. The number of ether oxygens (including phenoxy) is 1. The Balaban J connectivity index is 1.67. The van der Waals surface area contributed by atoms with Crippen LogP contribution in [0.15, 0.2) is 24.3 Å². The van der Waals surface area contributed by atoms with Gasteiger partial charge in [-0.25, -0.2) is 4.79 Å². The number of piperidine rings is 1. The molecule has 1 heterocycles. The molecule has 1 aromatic carbocycles. The molecule has 1 fully saturated rings. The van der Waals surface area contributed by atoms with Crippen molar-refractivity contribution in [3.63, 3.8) is 0 Å². The monoisotopic (exact) mass is 409 g/mol. The zero-order valence-corrected chi connectivity index (χ0v) is 17.3. The molecule has 1 aliphatic rings. The number of hydrogen-bond acceptors (Lipinski definition) is 4. The average Bonchev–Trinajstić information content (AvgIpc) is 2.61. The third-order valence-corrected chi connectivity index (χ3v) is 4.51. The Bertz CT molecular complexity index is 692. The summed E-state index contributed by atoms with van der Waals surface area (Å²) in [6, 6.07) is 6.87. The zero-order valence-electron chi connectivity index (χ0n) is 16.6. The molecular formula is C20H28ClN3O4. The van der Waals surface area contributed by atoms with Crippen LogP contribution in [0.1, 0.15) is 50.4 Å². The van der Waals surface area contributed by atoms with E-state index in [1.54, 1.807) is 49.9 Å². The highest BCUT2D eigenvalue weighted by molar-refractivity contribution is 6.30. The first-order valence-corrected chi connectivity index (χ1v) is 9.83. The molecule has 0 saturated carbocycles. The van der Waals surface area contributed by atoms with Crippen LogP contribution in [0.5, 0.6) is 0 Å². The molecule has 2 rings (SSSR count). The van der Waals surface area contributed by atoms with Gasteiger partial charge in [-0.05, 0) is 57.9 Å². The van der Waals surface area contributed by atoms with Gasteiger partial charge in [0.1, 0.15) is 5.60 Å². The first-order valence-electron chi connectivity index (χ1n) is 9.45. The Morgan fingerprint density at radius 1 is 1.14 bits per heavy atom. The molecule has 0 spiro atoms. The molecule has 1 saturated heterocycles. The maximum absolute atomic E-state index is 12.5. The van der Waals surface area contributed by atoms with Crippen LogP contribution < -0.4 is 10.6 Å². The molecule has 0 radical (unpaired) electrons. The van der Waals surface area contributed by atoms with Gasteiger partial charge in [0.2, 0.25) is 5.91 Å². The summed E-state index contributed by atoms with van der Waals surface area (Å²) in [5.41, 5.74) is 0.0455. The van der Waals surface area contributed by atoms with Crippen molar-refractivity contribution in [3.05, 3.63) is 34.9 Å². The van der Waals surface area contributed by atoms with Crippen molar-refractivity contribution in [1.82, 2.24) is 15.5 Å². The van der Waals surface area contributed by atoms with Crippen LogP contribution in [0.4, 0.5) is 4.79 Å². The van der Waals surface area contributed by atoms with Crippen LogP contribution in [-0.4, -0.2) is 54.1 Å². The van der Waals surface area contributed by atoms with Gasteiger partial charge < -0.3 is 20.3 Å². The molecule has 154 valence electrons. The van der Waals surface area contributed by atoms with Crippen molar-refractivity contribution in [1.29, 1.82) is 0 Å². The van der Waals surface area contributed by atoms with Gasteiger partial charge in [-0.2, -0.15) is 0 Å². The molecule has 1 aliphatic heterocycles. The molecule has 3 amide bonds.